The van der Waals surface area contributed by atoms with E-state index >= 15 is 0 Å². The minimum Gasteiger partial charge on any atom is -0.493 e. The number of hydrogen-bond donors (Lipinski definition) is 0. The van der Waals surface area contributed by atoms with Crippen LogP contribution in [0.1, 0.15) is 18.9 Å². The molecule has 0 saturated heterocycles. The summed E-state index contributed by atoms with van der Waals surface area (Å²) in [6.45, 7) is 2.84. The Morgan fingerprint density at radius 2 is 1.67 bits per heavy atom. The van der Waals surface area contributed by atoms with E-state index in [0.717, 1.165) is 30.5 Å². The van der Waals surface area contributed by atoms with Crippen LogP contribution < -0.4 is 14.2 Å². The number of ether oxygens (including phenoxy) is 3. The highest BCUT2D eigenvalue weighted by molar-refractivity contribution is 7.91. The van der Waals surface area contributed by atoms with Gasteiger partial charge in [-0.15, -0.1) is 0 Å². The van der Waals surface area contributed by atoms with Crippen molar-refractivity contribution in [1.82, 2.24) is 9.30 Å². The van der Waals surface area contributed by atoms with Crippen molar-refractivity contribution in [3.8, 4) is 17.2 Å². The summed E-state index contributed by atoms with van der Waals surface area (Å²) in [5.74, 6) is 2.04. The molecule has 0 saturated carbocycles. The van der Waals surface area contributed by atoms with E-state index in [9.17, 15) is 8.42 Å². The van der Waals surface area contributed by atoms with Crippen molar-refractivity contribution in [2.45, 2.75) is 35.9 Å². The lowest BCUT2D eigenvalue weighted by molar-refractivity contribution is 0.0427. The SMILES string of the molecule is CCC(Oc1ccc(S(=O)(=O)c2ccc3ccccn23)cc1)N(C)CCc1ccc(OC)c(OC)c1. The Morgan fingerprint density at radius 1 is 0.917 bits per heavy atom. The predicted molar refractivity (Wildman–Crippen MR) is 140 cm³/mol. The Morgan fingerprint density at radius 3 is 2.36 bits per heavy atom. The highest BCUT2D eigenvalue weighted by Crippen LogP contribution is 2.28. The molecule has 4 rings (SSSR count). The van der Waals surface area contributed by atoms with Crippen LogP contribution in [-0.2, 0) is 16.3 Å². The van der Waals surface area contributed by atoms with E-state index in [-0.39, 0.29) is 16.1 Å². The first kappa shape index (κ1) is 25.6. The van der Waals surface area contributed by atoms with Crippen LogP contribution in [0, 0.1) is 0 Å². The lowest BCUT2D eigenvalue weighted by Crippen LogP contribution is -2.37. The molecule has 8 heteroatoms. The van der Waals surface area contributed by atoms with Gasteiger partial charge in [0.25, 0.3) is 0 Å². The third-order valence-corrected chi connectivity index (χ3v) is 8.03. The molecule has 1 atom stereocenters. The smallest absolute Gasteiger partial charge is 0.222 e. The Kier molecular flexibility index (Phi) is 7.86. The van der Waals surface area contributed by atoms with Gasteiger partial charge in [0.15, 0.2) is 17.7 Å². The molecule has 2 aromatic heterocycles. The van der Waals surface area contributed by atoms with Crippen LogP contribution in [0.5, 0.6) is 17.2 Å². The van der Waals surface area contributed by atoms with Crippen LogP contribution in [0.2, 0.25) is 0 Å². The molecule has 0 aliphatic heterocycles. The molecule has 4 aromatic rings. The summed E-state index contributed by atoms with van der Waals surface area (Å²) < 4.78 is 45.1. The van der Waals surface area contributed by atoms with Gasteiger partial charge < -0.3 is 18.6 Å². The van der Waals surface area contributed by atoms with Crippen molar-refractivity contribution >= 4 is 15.4 Å². The molecule has 0 aliphatic rings. The van der Waals surface area contributed by atoms with E-state index < -0.39 is 9.84 Å². The molecule has 0 bridgehead atoms. The first-order chi connectivity index (χ1) is 17.4. The van der Waals surface area contributed by atoms with Crippen molar-refractivity contribution in [1.29, 1.82) is 0 Å². The van der Waals surface area contributed by atoms with Gasteiger partial charge in [0.1, 0.15) is 10.8 Å². The van der Waals surface area contributed by atoms with Crippen LogP contribution in [-0.4, -0.2) is 51.8 Å². The fourth-order valence-corrected chi connectivity index (χ4v) is 5.60. The van der Waals surface area contributed by atoms with Crippen LogP contribution in [0.15, 0.2) is 88.9 Å². The van der Waals surface area contributed by atoms with Gasteiger partial charge in [-0.1, -0.05) is 19.1 Å². The second-order valence-corrected chi connectivity index (χ2v) is 10.4. The van der Waals surface area contributed by atoms with Crippen LogP contribution in [0.25, 0.3) is 5.52 Å². The normalized spacial score (nSPS) is 12.6. The molecule has 0 fully saturated rings. The van der Waals surface area contributed by atoms with E-state index in [2.05, 4.69) is 11.8 Å². The van der Waals surface area contributed by atoms with Crippen LogP contribution >= 0.6 is 0 Å². The summed E-state index contributed by atoms with van der Waals surface area (Å²) in [5, 5.41) is 0.244. The summed E-state index contributed by atoms with van der Waals surface area (Å²) in [6.07, 6.45) is 3.20. The maximum absolute atomic E-state index is 13.2. The fraction of sp³-hybridized carbons (Fsp3) is 0.286. The maximum atomic E-state index is 13.2. The summed E-state index contributed by atoms with van der Waals surface area (Å²) in [4.78, 5) is 2.38. The highest BCUT2D eigenvalue weighted by Gasteiger charge is 2.22. The van der Waals surface area contributed by atoms with E-state index in [4.69, 9.17) is 14.2 Å². The topological polar surface area (TPSA) is 69.5 Å². The Labute approximate surface area is 212 Å². The van der Waals surface area contributed by atoms with E-state index in [1.54, 1.807) is 61.2 Å². The highest BCUT2D eigenvalue weighted by atomic mass is 32.2. The van der Waals surface area contributed by atoms with Gasteiger partial charge in [-0.05, 0) is 86.1 Å². The fourth-order valence-electron chi connectivity index (χ4n) is 4.19. The number of hydrogen-bond acceptors (Lipinski definition) is 6. The third kappa shape index (κ3) is 5.34. The molecule has 36 heavy (non-hydrogen) atoms. The van der Waals surface area contributed by atoms with Crippen molar-refractivity contribution < 1.29 is 22.6 Å². The van der Waals surface area contributed by atoms with Gasteiger partial charge in [0.05, 0.1) is 19.1 Å². The molecule has 0 aliphatic carbocycles. The van der Waals surface area contributed by atoms with Gasteiger partial charge in [-0.2, -0.15) is 0 Å². The second kappa shape index (κ2) is 11.1. The number of sulfone groups is 1. The average molecular weight is 509 g/mol. The first-order valence-corrected chi connectivity index (χ1v) is 13.3. The molecule has 1 unspecified atom stereocenters. The largest absolute Gasteiger partial charge is 0.493 e. The summed E-state index contributed by atoms with van der Waals surface area (Å²) in [5.41, 5.74) is 1.97. The van der Waals surface area contributed by atoms with Gasteiger partial charge in [-0.3, -0.25) is 4.90 Å². The van der Waals surface area contributed by atoms with E-state index in [1.807, 2.05) is 43.4 Å². The second-order valence-electron chi connectivity index (χ2n) is 8.54. The Bertz CT molecular complexity index is 1410. The number of likely N-dealkylation sites (N-methyl/N-ethyl adjacent to an activating group) is 1. The predicted octanol–water partition coefficient (Wildman–Crippen LogP) is 5.08. The van der Waals surface area contributed by atoms with Crippen LogP contribution in [0.4, 0.5) is 0 Å². The lowest BCUT2D eigenvalue weighted by atomic mass is 10.1. The monoisotopic (exact) mass is 508 g/mol. The van der Waals surface area contributed by atoms with E-state index in [1.165, 1.54) is 0 Å². The van der Waals surface area contributed by atoms with Crippen molar-refractivity contribution in [2.24, 2.45) is 0 Å². The maximum Gasteiger partial charge on any atom is 0.222 e. The van der Waals surface area contributed by atoms with Gasteiger partial charge in [0, 0.05) is 18.3 Å². The number of methoxy groups -OCH3 is 2. The minimum absolute atomic E-state index is 0.151. The van der Waals surface area contributed by atoms with Crippen molar-refractivity contribution in [3.05, 3.63) is 84.6 Å². The third-order valence-electron chi connectivity index (χ3n) is 6.25. The number of benzene rings is 2. The quantitative estimate of drug-likeness (QED) is 0.263. The number of aromatic nitrogens is 1. The van der Waals surface area contributed by atoms with E-state index in [0.29, 0.717) is 17.2 Å². The standard InChI is InChI=1S/C28H32N2O5S/c1-5-27(29(2)19-17-21-9-15-25(33-3)26(20-21)34-4)35-23-11-13-24(14-12-23)36(31,32)28-16-10-22-8-6-7-18-30(22)28/h6-16,18,20,27H,5,17,19H2,1-4H3. The Balaban J connectivity index is 1.42. The molecule has 2 aromatic carbocycles. The zero-order chi connectivity index (χ0) is 25.7. The number of fused-ring (bicyclic) bond motifs is 1. The lowest BCUT2D eigenvalue weighted by Gasteiger charge is -2.28. The molecule has 2 heterocycles. The van der Waals surface area contributed by atoms with Gasteiger partial charge >= 0.3 is 0 Å². The van der Waals surface area contributed by atoms with Crippen LogP contribution in [0.3, 0.4) is 0 Å². The average Bonchev–Trinajstić information content (AvgIpc) is 3.35. The van der Waals surface area contributed by atoms with Crippen molar-refractivity contribution in [3.63, 3.8) is 0 Å². The van der Waals surface area contributed by atoms with Gasteiger partial charge in [-0.25, -0.2) is 8.42 Å². The number of pyridine rings is 1. The molecule has 0 N–H and O–H groups in total. The van der Waals surface area contributed by atoms with Crippen molar-refractivity contribution in [2.75, 3.05) is 27.8 Å². The number of nitrogens with zero attached hydrogens (tertiary/aromatic N) is 2. The number of rotatable bonds is 11. The molecule has 7 nitrogen and oxygen atoms in total. The summed E-state index contributed by atoms with van der Waals surface area (Å²) in [6, 6.07) is 21.6. The zero-order valence-corrected chi connectivity index (χ0v) is 21.9. The minimum atomic E-state index is -3.66. The molecule has 0 radical (unpaired) electrons. The molecule has 190 valence electrons. The molecular formula is C28H32N2O5S. The first-order valence-electron chi connectivity index (χ1n) is 11.9. The summed E-state index contributed by atoms with van der Waals surface area (Å²) >= 11 is 0. The summed E-state index contributed by atoms with van der Waals surface area (Å²) in [7, 11) is 1.61. The Hall–Kier alpha value is -3.49. The molecular weight excluding hydrogens is 476 g/mol. The molecule has 0 amide bonds. The van der Waals surface area contributed by atoms with Gasteiger partial charge in [0.2, 0.25) is 9.84 Å². The molecule has 0 spiro atoms. The zero-order valence-electron chi connectivity index (χ0n) is 21.0.